The second-order valence-corrected chi connectivity index (χ2v) is 4.18. The molecule has 108 valence electrons. The lowest BCUT2D eigenvalue weighted by Crippen LogP contribution is -2.26. The van der Waals surface area contributed by atoms with Gasteiger partial charge in [-0.2, -0.15) is 0 Å². The van der Waals surface area contributed by atoms with Crippen LogP contribution in [0.25, 0.3) is 0 Å². The summed E-state index contributed by atoms with van der Waals surface area (Å²) in [4.78, 5) is 11.6. The highest BCUT2D eigenvalue weighted by Gasteiger charge is 2.08. The van der Waals surface area contributed by atoms with Crippen molar-refractivity contribution in [1.82, 2.24) is 5.32 Å². The van der Waals surface area contributed by atoms with Gasteiger partial charge in [0.15, 0.2) is 0 Å². The van der Waals surface area contributed by atoms with Gasteiger partial charge in [0.25, 0.3) is 0 Å². The molecule has 0 aliphatic heterocycles. The molecule has 0 aliphatic carbocycles. The molecule has 1 rings (SSSR count). The third-order valence-corrected chi connectivity index (χ3v) is 2.68. The van der Waals surface area contributed by atoms with Gasteiger partial charge < -0.3 is 15.8 Å². The summed E-state index contributed by atoms with van der Waals surface area (Å²) >= 11 is 0. The predicted octanol–water partition coefficient (Wildman–Crippen LogP) is 2.42. The molecular formula is C14H23ClN2O2. The summed E-state index contributed by atoms with van der Waals surface area (Å²) in [7, 11) is 0. The Morgan fingerprint density at radius 1 is 1.37 bits per heavy atom. The van der Waals surface area contributed by atoms with Crippen LogP contribution < -0.4 is 15.8 Å². The van der Waals surface area contributed by atoms with Crippen LogP contribution in [0.15, 0.2) is 24.3 Å². The highest BCUT2D eigenvalue weighted by atomic mass is 35.5. The highest BCUT2D eigenvalue weighted by Crippen LogP contribution is 2.17. The van der Waals surface area contributed by atoms with Crippen LogP contribution in [0, 0.1) is 0 Å². The number of hydrogen-bond acceptors (Lipinski definition) is 3. The van der Waals surface area contributed by atoms with Crippen LogP contribution in [0.1, 0.15) is 38.3 Å². The lowest BCUT2D eigenvalue weighted by atomic mass is 10.1. The first kappa shape index (κ1) is 17.7. The van der Waals surface area contributed by atoms with Crippen molar-refractivity contribution in [2.24, 2.45) is 5.73 Å². The molecule has 0 aliphatic rings. The van der Waals surface area contributed by atoms with E-state index in [-0.39, 0.29) is 24.4 Å². The van der Waals surface area contributed by atoms with Crippen LogP contribution >= 0.6 is 12.4 Å². The summed E-state index contributed by atoms with van der Waals surface area (Å²) in [6.45, 7) is 5.12. The van der Waals surface area contributed by atoms with E-state index in [1.165, 1.54) is 0 Å². The van der Waals surface area contributed by atoms with Crippen molar-refractivity contribution in [1.29, 1.82) is 0 Å². The molecule has 0 heterocycles. The molecule has 1 amide bonds. The Kier molecular flexibility index (Phi) is 9.00. The van der Waals surface area contributed by atoms with E-state index in [2.05, 4.69) is 5.32 Å². The number of ether oxygens (including phenoxy) is 1. The fourth-order valence-electron chi connectivity index (χ4n) is 1.68. The van der Waals surface area contributed by atoms with E-state index in [9.17, 15) is 4.79 Å². The zero-order chi connectivity index (χ0) is 13.4. The number of carbonyl (C=O) groups excluding carboxylic acids is 1. The van der Waals surface area contributed by atoms with Crippen molar-refractivity contribution in [3.05, 3.63) is 29.8 Å². The maximum absolute atomic E-state index is 11.6. The first-order valence-corrected chi connectivity index (χ1v) is 6.39. The van der Waals surface area contributed by atoms with Crippen molar-refractivity contribution in [3.63, 3.8) is 0 Å². The molecule has 1 atom stereocenters. The molecule has 0 radical (unpaired) electrons. The lowest BCUT2D eigenvalue weighted by molar-refractivity contribution is -0.121. The molecule has 0 saturated heterocycles. The minimum Gasteiger partial charge on any atom is -0.494 e. The van der Waals surface area contributed by atoms with Crippen LogP contribution in [0.3, 0.4) is 0 Å². The zero-order valence-corrected chi connectivity index (χ0v) is 12.3. The van der Waals surface area contributed by atoms with Crippen molar-refractivity contribution < 1.29 is 9.53 Å². The Balaban J connectivity index is 0.00000324. The van der Waals surface area contributed by atoms with Crippen molar-refractivity contribution >= 4 is 18.3 Å². The molecule has 0 aromatic heterocycles. The smallest absolute Gasteiger partial charge is 0.220 e. The predicted molar refractivity (Wildman–Crippen MR) is 79.7 cm³/mol. The molecule has 0 bridgehead atoms. The Bertz CT molecular complexity index is 368. The minimum absolute atomic E-state index is 0. The summed E-state index contributed by atoms with van der Waals surface area (Å²) < 4.78 is 5.37. The average molecular weight is 287 g/mol. The Morgan fingerprint density at radius 3 is 2.53 bits per heavy atom. The molecule has 4 nitrogen and oxygen atoms in total. The minimum atomic E-state index is 0. The molecule has 1 aromatic rings. The topological polar surface area (TPSA) is 64.3 Å². The number of benzene rings is 1. The molecule has 0 fully saturated rings. The Labute approximate surface area is 121 Å². The van der Waals surface area contributed by atoms with Gasteiger partial charge in [-0.05, 0) is 44.5 Å². The molecule has 0 spiro atoms. The molecular weight excluding hydrogens is 264 g/mol. The number of nitrogens with one attached hydrogen (secondary N) is 1. The second kappa shape index (κ2) is 9.64. The van der Waals surface area contributed by atoms with Crippen LogP contribution in [0.5, 0.6) is 5.75 Å². The van der Waals surface area contributed by atoms with E-state index in [1.54, 1.807) is 0 Å². The molecule has 1 unspecified atom stereocenters. The summed E-state index contributed by atoms with van der Waals surface area (Å²) in [6, 6.07) is 7.78. The summed E-state index contributed by atoms with van der Waals surface area (Å²) in [5.74, 6) is 0.893. The van der Waals surface area contributed by atoms with Crippen LogP contribution in [0.2, 0.25) is 0 Å². The van der Waals surface area contributed by atoms with Crippen LogP contribution in [-0.4, -0.2) is 19.1 Å². The number of halogens is 1. The van der Waals surface area contributed by atoms with Crippen LogP contribution in [-0.2, 0) is 4.79 Å². The molecule has 3 N–H and O–H groups in total. The largest absolute Gasteiger partial charge is 0.494 e. The van der Waals surface area contributed by atoms with Crippen molar-refractivity contribution in [2.75, 3.05) is 13.2 Å². The zero-order valence-electron chi connectivity index (χ0n) is 11.5. The van der Waals surface area contributed by atoms with Crippen LogP contribution in [0.4, 0.5) is 0 Å². The fraction of sp³-hybridized carbons (Fsp3) is 0.500. The number of hydrogen-bond donors (Lipinski definition) is 2. The Hall–Kier alpha value is -1.26. The van der Waals surface area contributed by atoms with Crippen molar-refractivity contribution in [2.45, 2.75) is 32.7 Å². The van der Waals surface area contributed by atoms with E-state index >= 15 is 0 Å². The van der Waals surface area contributed by atoms with E-state index < -0.39 is 0 Å². The third kappa shape index (κ3) is 6.45. The molecule has 0 saturated carbocycles. The molecule has 19 heavy (non-hydrogen) atoms. The summed E-state index contributed by atoms with van der Waals surface area (Å²) in [5, 5.41) is 2.95. The average Bonchev–Trinajstić information content (AvgIpc) is 2.37. The van der Waals surface area contributed by atoms with Gasteiger partial charge in [0.05, 0.1) is 12.6 Å². The fourth-order valence-corrected chi connectivity index (χ4v) is 1.68. The lowest BCUT2D eigenvalue weighted by Gasteiger charge is -2.14. The maximum atomic E-state index is 11.6. The van der Waals surface area contributed by atoms with Gasteiger partial charge in [-0.25, -0.2) is 0 Å². The van der Waals surface area contributed by atoms with Gasteiger partial charge in [0, 0.05) is 6.42 Å². The Morgan fingerprint density at radius 2 is 2.00 bits per heavy atom. The number of amides is 1. The first-order valence-electron chi connectivity index (χ1n) is 6.39. The van der Waals surface area contributed by atoms with Gasteiger partial charge in [0.1, 0.15) is 5.75 Å². The van der Waals surface area contributed by atoms with Crippen molar-refractivity contribution in [3.8, 4) is 5.75 Å². The molecule has 1 aromatic carbocycles. The van der Waals surface area contributed by atoms with E-state index in [1.807, 2.05) is 38.1 Å². The van der Waals surface area contributed by atoms with Gasteiger partial charge in [0.2, 0.25) is 5.91 Å². The highest BCUT2D eigenvalue weighted by molar-refractivity contribution is 5.85. The third-order valence-electron chi connectivity index (χ3n) is 2.68. The van der Waals surface area contributed by atoms with Gasteiger partial charge >= 0.3 is 0 Å². The first-order chi connectivity index (χ1) is 8.67. The number of carbonyl (C=O) groups is 1. The van der Waals surface area contributed by atoms with Gasteiger partial charge in [-0.15, -0.1) is 12.4 Å². The monoisotopic (exact) mass is 286 g/mol. The van der Waals surface area contributed by atoms with E-state index in [4.69, 9.17) is 10.5 Å². The number of nitrogens with two attached hydrogens (primary N) is 1. The van der Waals surface area contributed by atoms with Gasteiger partial charge in [-0.3, -0.25) is 4.79 Å². The quantitative estimate of drug-likeness (QED) is 0.809. The SMILES string of the molecule is CCOc1ccc(C(C)NC(=O)CCCN)cc1.Cl. The normalized spacial score (nSPS) is 11.3. The number of rotatable bonds is 7. The summed E-state index contributed by atoms with van der Waals surface area (Å²) in [5.41, 5.74) is 6.44. The van der Waals surface area contributed by atoms with E-state index in [0.29, 0.717) is 19.6 Å². The van der Waals surface area contributed by atoms with Gasteiger partial charge in [-0.1, -0.05) is 12.1 Å². The summed E-state index contributed by atoms with van der Waals surface area (Å²) in [6.07, 6.45) is 1.21. The second-order valence-electron chi connectivity index (χ2n) is 4.18. The molecule has 5 heteroatoms. The maximum Gasteiger partial charge on any atom is 0.220 e. The standard InChI is InChI=1S/C14H22N2O2.ClH/c1-3-18-13-8-6-12(7-9-13)11(2)16-14(17)5-4-10-15;/h6-9,11H,3-5,10,15H2,1-2H3,(H,16,17);1H. The van der Waals surface area contributed by atoms with E-state index in [0.717, 1.165) is 17.7 Å².